The molecule has 242 valence electrons. The van der Waals surface area contributed by atoms with Gasteiger partial charge in [0, 0.05) is 0 Å². The number of aromatic amines is 1. The number of nitrogens with zero attached hydrogens (tertiary/aromatic N) is 3. The number of aliphatic hydroxyl groups excluding tert-OH is 1. The predicted octanol–water partition coefficient (Wildman–Crippen LogP) is 1.03. The number of aliphatic hydroxyl groups is 1. The molecule has 6 atom stereocenters. The number of nitrogen functional groups attached to an aromatic ring is 1. The molecule has 2 aromatic heterocycles. The van der Waals surface area contributed by atoms with Crippen LogP contribution < -0.4 is 21.5 Å². The van der Waals surface area contributed by atoms with E-state index in [2.05, 4.69) is 25.1 Å². The molecule has 0 spiro atoms. The molecule has 0 radical (unpaired) electrons. The quantitative estimate of drug-likeness (QED) is 0.151. The van der Waals surface area contributed by atoms with E-state index in [1.165, 1.54) is 13.8 Å². The average Bonchev–Trinajstić information content (AvgIpc) is 3.41. The van der Waals surface area contributed by atoms with Crippen molar-refractivity contribution in [3.63, 3.8) is 0 Å². The Morgan fingerprint density at radius 2 is 1.72 bits per heavy atom. The van der Waals surface area contributed by atoms with Crippen LogP contribution in [-0.2, 0) is 40.1 Å². The number of hydrogen-bond acceptors (Lipinski definition) is 12. The van der Waals surface area contributed by atoms with E-state index in [1.807, 2.05) is 0 Å². The van der Waals surface area contributed by atoms with E-state index in [0.717, 1.165) is 10.9 Å². The summed E-state index contributed by atoms with van der Waals surface area (Å²) in [4.78, 5) is 47.0. The molecule has 1 aliphatic rings. The minimum Gasteiger partial charge on any atom is -0.462 e. The number of imidazole rings is 1. The SMILES string of the molecule is CC(C)OC(=O)C(C)NP(=S)(NC(C)C(=O)OC(C)C)OCC1(C(F)F)OC(n2cnc3c(=O)[nH]c(N)nc32)C(F)C1O. The number of nitrogens with two attached hydrogens (primary N) is 1. The number of alkyl halides is 3. The van der Waals surface area contributed by atoms with Gasteiger partial charge in [-0.3, -0.25) is 23.9 Å². The Morgan fingerprint density at radius 3 is 2.21 bits per heavy atom. The van der Waals surface area contributed by atoms with Gasteiger partial charge in [0.15, 0.2) is 35.7 Å². The largest absolute Gasteiger partial charge is 0.462 e. The summed E-state index contributed by atoms with van der Waals surface area (Å²) < 4.78 is 67.1. The summed E-state index contributed by atoms with van der Waals surface area (Å²) in [6, 6.07) is -2.31. The van der Waals surface area contributed by atoms with Gasteiger partial charge in [0.05, 0.1) is 25.1 Å². The van der Waals surface area contributed by atoms with Crippen molar-refractivity contribution in [2.75, 3.05) is 12.3 Å². The minimum atomic E-state index is -3.85. The Labute approximate surface area is 249 Å². The van der Waals surface area contributed by atoms with Crippen LogP contribution in [0.1, 0.15) is 47.8 Å². The van der Waals surface area contributed by atoms with Crippen LogP contribution in [0.2, 0.25) is 0 Å². The van der Waals surface area contributed by atoms with Gasteiger partial charge in [-0.1, -0.05) is 0 Å². The van der Waals surface area contributed by atoms with Crippen molar-refractivity contribution in [2.45, 2.75) is 96.4 Å². The number of esters is 2. The molecule has 20 heteroatoms. The molecule has 1 fully saturated rings. The van der Waals surface area contributed by atoms with Gasteiger partial charge in [-0.2, -0.15) is 4.98 Å². The van der Waals surface area contributed by atoms with Gasteiger partial charge in [-0.15, -0.1) is 0 Å². The third-order valence-corrected chi connectivity index (χ3v) is 9.01. The van der Waals surface area contributed by atoms with Crippen LogP contribution >= 0.6 is 6.57 Å². The first-order chi connectivity index (χ1) is 19.9. The van der Waals surface area contributed by atoms with Crippen LogP contribution in [0, 0.1) is 0 Å². The zero-order chi connectivity index (χ0) is 32.4. The Kier molecular flexibility index (Phi) is 11.0. The van der Waals surface area contributed by atoms with Crippen molar-refractivity contribution in [1.29, 1.82) is 0 Å². The molecule has 0 aromatic carbocycles. The lowest BCUT2D eigenvalue weighted by molar-refractivity contribution is -0.190. The Balaban J connectivity index is 1.94. The zero-order valence-electron chi connectivity index (χ0n) is 24.1. The molecule has 0 saturated carbocycles. The molecule has 0 bridgehead atoms. The molecule has 2 aromatic rings. The van der Waals surface area contributed by atoms with Crippen molar-refractivity contribution in [1.82, 2.24) is 29.7 Å². The molecule has 1 aliphatic heterocycles. The lowest BCUT2D eigenvalue weighted by Crippen LogP contribution is -2.53. The number of carbonyl (C=O) groups is 2. The minimum absolute atomic E-state index is 0.279. The third-order valence-electron chi connectivity index (χ3n) is 6.12. The molecule has 3 heterocycles. The smallest absolute Gasteiger partial charge is 0.323 e. The van der Waals surface area contributed by atoms with E-state index in [9.17, 15) is 28.3 Å². The number of ether oxygens (including phenoxy) is 3. The van der Waals surface area contributed by atoms with Gasteiger partial charge in [0.25, 0.3) is 12.0 Å². The summed E-state index contributed by atoms with van der Waals surface area (Å²) in [6.07, 6.45) is -10.5. The van der Waals surface area contributed by atoms with E-state index in [1.54, 1.807) is 27.7 Å². The fraction of sp³-hybridized carbons (Fsp3) is 0.696. The first-order valence-corrected chi connectivity index (χ1v) is 15.8. The Hall–Kier alpha value is -2.67. The number of hydrogen-bond donors (Lipinski definition) is 5. The molecule has 1 saturated heterocycles. The number of H-pyrrole nitrogens is 1. The summed E-state index contributed by atoms with van der Waals surface area (Å²) in [5.74, 6) is -1.87. The monoisotopic (exact) mass is 657 g/mol. The van der Waals surface area contributed by atoms with E-state index < -0.39 is 85.5 Å². The number of halogens is 3. The predicted molar refractivity (Wildman–Crippen MR) is 150 cm³/mol. The summed E-state index contributed by atoms with van der Waals surface area (Å²) >= 11 is 5.56. The summed E-state index contributed by atoms with van der Waals surface area (Å²) in [5, 5.41) is 16.1. The van der Waals surface area contributed by atoms with Crippen molar-refractivity contribution < 1.29 is 46.6 Å². The second-order valence-electron chi connectivity index (χ2n) is 10.4. The maximum Gasteiger partial charge on any atom is 0.323 e. The molecule has 43 heavy (non-hydrogen) atoms. The average molecular weight is 658 g/mol. The van der Waals surface area contributed by atoms with E-state index in [4.69, 9.17) is 36.3 Å². The zero-order valence-corrected chi connectivity index (χ0v) is 25.8. The molecule has 6 unspecified atom stereocenters. The topological polar surface area (TPSA) is 205 Å². The Morgan fingerprint density at radius 1 is 1.19 bits per heavy atom. The fourth-order valence-corrected chi connectivity index (χ4v) is 7.02. The molecule has 6 N–H and O–H groups in total. The van der Waals surface area contributed by atoms with Crippen LogP contribution in [0.4, 0.5) is 19.1 Å². The molecule has 0 amide bonds. The first-order valence-electron chi connectivity index (χ1n) is 13.1. The normalized spacial score (nSPS) is 25.3. The third kappa shape index (κ3) is 7.71. The van der Waals surface area contributed by atoms with Gasteiger partial charge in [0.1, 0.15) is 18.2 Å². The van der Waals surface area contributed by atoms with Crippen LogP contribution in [0.5, 0.6) is 0 Å². The maximum absolute atomic E-state index is 15.5. The highest BCUT2D eigenvalue weighted by atomic mass is 32.4. The first kappa shape index (κ1) is 34.8. The number of nitrogens with one attached hydrogen (secondary N) is 3. The van der Waals surface area contributed by atoms with Gasteiger partial charge < -0.3 is 29.6 Å². The number of carbonyl (C=O) groups excluding carboxylic acids is 2. The van der Waals surface area contributed by atoms with Crippen molar-refractivity contribution in [2.24, 2.45) is 0 Å². The highest BCUT2D eigenvalue weighted by Crippen LogP contribution is 2.48. The van der Waals surface area contributed by atoms with Crippen LogP contribution in [0.25, 0.3) is 11.2 Å². The number of fused-ring (bicyclic) bond motifs is 1. The fourth-order valence-electron chi connectivity index (χ4n) is 4.08. The van der Waals surface area contributed by atoms with Crippen molar-refractivity contribution in [3.05, 3.63) is 16.7 Å². The molecule has 15 nitrogen and oxygen atoms in total. The van der Waals surface area contributed by atoms with Gasteiger partial charge in [0.2, 0.25) is 5.95 Å². The van der Waals surface area contributed by atoms with E-state index >= 15 is 4.39 Å². The standard InChI is InChI=1S/C23H35F3N7O8PS/c1-9(2)39-19(36)11(5)31-42(43,32-12(6)20(37)40-10(3)4)38-7-23(21(25)26)15(34)13(24)18(41-23)33-8-28-14-16(33)29-22(27)30-17(14)35/h8-13,15,18,21,34H,7H2,1-6H3,(H2,31,32,43)(H3,27,29,30,35). The van der Waals surface area contributed by atoms with Gasteiger partial charge >= 0.3 is 11.9 Å². The number of anilines is 1. The Bertz CT molecular complexity index is 1390. The lowest BCUT2D eigenvalue weighted by Gasteiger charge is -2.35. The van der Waals surface area contributed by atoms with Crippen molar-refractivity contribution in [3.8, 4) is 0 Å². The van der Waals surface area contributed by atoms with Crippen molar-refractivity contribution >= 4 is 47.4 Å². The molecule has 0 aliphatic carbocycles. The van der Waals surface area contributed by atoms with Crippen LogP contribution in [0.15, 0.2) is 11.1 Å². The van der Waals surface area contributed by atoms with E-state index in [-0.39, 0.29) is 17.1 Å². The second kappa shape index (κ2) is 13.5. The van der Waals surface area contributed by atoms with Gasteiger partial charge in [-0.25, -0.2) is 28.3 Å². The lowest BCUT2D eigenvalue weighted by atomic mass is 9.97. The summed E-state index contributed by atoms with van der Waals surface area (Å²) in [7, 11) is 0. The second-order valence-corrected chi connectivity index (χ2v) is 13.8. The van der Waals surface area contributed by atoms with Crippen LogP contribution in [-0.4, -0.2) is 91.8 Å². The highest BCUT2D eigenvalue weighted by Gasteiger charge is 2.62. The van der Waals surface area contributed by atoms with E-state index in [0.29, 0.717) is 0 Å². The van der Waals surface area contributed by atoms with Gasteiger partial charge in [-0.05, 0) is 53.3 Å². The maximum atomic E-state index is 15.5. The molecular formula is C23H35F3N7O8PS. The number of aromatic nitrogens is 4. The highest BCUT2D eigenvalue weighted by molar-refractivity contribution is 8.10. The van der Waals surface area contributed by atoms with Crippen LogP contribution in [0.3, 0.4) is 0 Å². The molecular weight excluding hydrogens is 622 g/mol. The summed E-state index contributed by atoms with van der Waals surface area (Å²) in [6.45, 7) is 4.12. The summed E-state index contributed by atoms with van der Waals surface area (Å²) in [5.41, 5.74) is 1.22. The molecule has 3 rings (SSSR count). The number of rotatable bonds is 13.